The second-order valence-corrected chi connectivity index (χ2v) is 11.8. The first-order valence-electron chi connectivity index (χ1n) is 12.8. The van der Waals surface area contributed by atoms with Crippen LogP contribution < -0.4 is 9.64 Å². The van der Waals surface area contributed by atoms with E-state index in [0.29, 0.717) is 17.3 Å². The maximum atomic E-state index is 13.6. The van der Waals surface area contributed by atoms with Crippen molar-refractivity contribution < 1.29 is 19.4 Å². The summed E-state index contributed by atoms with van der Waals surface area (Å²) in [5, 5.41) is 12.0. The van der Waals surface area contributed by atoms with E-state index in [1.807, 2.05) is 60.7 Å². The molecule has 2 aliphatic heterocycles. The molecular weight excluding hydrogens is 496 g/mol. The van der Waals surface area contributed by atoms with Gasteiger partial charge in [-0.15, -0.1) is 0 Å². The number of fused-ring (bicyclic) bond motifs is 2. The van der Waals surface area contributed by atoms with Crippen molar-refractivity contribution in [2.24, 2.45) is 0 Å². The number of aryl methyl sites for hydroxylation is 1. The van der Waals surface area contributed by atoms with Crippen LogP contribution in [0.3, 0.4) is 0 Å². The van der Waals surface area contributed by atoms with Crippen LogP contribution in [0.15, 0.2) is 72.3 Å². The summed E-state index contributed by atoms with van der Waals surface area (Å²) in [4.78, 5) is 33.2. The van der Waals surface area contributed by atoms with Gasteiger partial charge in [0.1, 0.15) is 11.5 Å². The van der Waals surface area contributed by atoms with E-state index in [1.165, 1.54) is 16.2 Å². The molecule has 3 aromatic carbocycles. The zero-order chi connectivity index (χ0) is 26.6. The van der Waals surface area contributed by atoms with Crippen LogP contribution in [-0.2, 0) is 21.4 Å². The van der Waals surface area contributed by atoms with E-state index in [1.54, 1.807) is 6.07 Å². The molecule has 1 saturated heterocycles. The summed E-state index contributed by atoms with van der Waals surface area (Å²) in [6.07, 6.45) is 1.72. The molecule has 1 amide bonds. The molecule has 3 heterocycles. The first-order chi connectivity index (χ1) is 18.2. The molecule has 6 nitrogen and oxygen atoms in total. The third kappa shape index (κ3) is 4.07. The molecule has 0 radical (unpaired) electrons. The predicted molar refractivity (Wildman–Crippen MR) is 150 cm³/mol. The number of Topliss-reactive ketones (excluding diaryl/α,β-unsaturated/α-hetero) is 1. The number of aliphatic hydroxyl groups excluding tert-OH is 1. The molecule has 0 bridgehead atoms. The summed E-state index contributed by atoms with van der Waals surface area (Å²) in [6, 6.07) is 20.1. The zero-order valence-corrected chi connectivity index (χ0v) is 22.3. The lowest BCUT2D eigenvalue weighted by Crippen LogP contribution is -2.29. The van der Waals surface area contributed by atoms with Crippen molar-refractivity contribution in [2.45, 2.75) is 45.1 Å². The van der Waals surface area contributed by atoms with Crippen molar-refractivity contribution in [3.8, 4) is 5.75 Å². The van der Waals surface area contributed by atoms with E-state index >= 15 is 0 Å². The van der Waals surface area contributed by atoms with Crippen molar-refractivity contribution in [2.75, 3.05) is 11.5 Å². The average Bonchev–Trinajstić information content (AvgIpc) is 3.46. The number of aromatic nitrogens is 1. The highest BCUT2D eigenvalue weighted by molar-refractivity contribution is 7.22. The number of carbonyl (C=O) groups excluding carboxylic acids is 2. The van der Waals surface area contributed by atoms with Crippen molar-refractivity contribution in [1.82, 2.24) is 4.98 Å². The number of aliphatic hydroxyl groups is 1. The van der Waals surface area contributed by atoms with Crippen LogP contribution in [0.5, 0.6) is 5.75 Å². The van der Waals surface area contributed by atoms with Gasteiger partial charge in [0.2, 0.25) is 0 Å². The van der Waals surface area contributed by atoms with Crippen LogP contribution in [0.2, 0.25) is 0 Å². The second kappa shape index (κ2) is 9.10. The molecule has 1 unspecified atom stereocenters. The predicted octanol–water partition coefficient (Wildman–Crippen LogP) is 6.55. The summed E-state index contributed by atoms with van der Waals surface area (Å²) in [5.74, 6) is -0.820. The van der Waals surface area contributed by atoms with Gasteiger partial charge in [-0.3, -0.25) is 14.5 Å². The first kappa shape index (κ1) is 24.4. The highest BCUT2D eigenvalue weighted by atomic mass is 32.1. The average molecular weight is 525 g/mol. The Kier molecular flexibility index (Phi) is 5.83. The molecule has 2 aliphatic rings. The molecule has 1 fully saturated rings. The maximum Gasteiger partial charge on any atom is 0.301 e. The Balaban J connectivity index is 1.53. The number of rotatable bonds is 3. The quantitative estimate of drug-likeness (QED) is 0.187. The van der Waals surface area contributed by atoms with Crippen molar-refractivity contribution in [3.63, 3.8) is 0 Å². The fourth-order valence-corrected chi connectivity index (χ4v) is 6.13. The number of anilines is 1. The van der Waals surface area contributed by atoms with Crippen LogP contribution in [0, 0.1) is 0 Å². The van der Waals surface area contributed by atoms with E-state index in [2.05, 4.69) is 25.8 Å². The number of benzene rings is 3. The Labute approximate surface area is 225 Å². The number of thiazole rings is 1. The van der Waals surface area contributed by atoms with E-state index in [-0.39, 0.29) is 16.7 Å². The van der Waals surface area contributed by atoms with E-state index < -0.39 is 17.7 Å². The largest absolute Gasteiger partial charge is 0.507 e. The van der Waals surface area contributed by atoms with Crippen LogP contribution in [0.4, 0.5) is 5.13 Å². The van der Waals surface area contributed by atoms with Gasteiger partial charge in [0, 0.05) is 5.56 Å². The molecule has 6 rings (SSSR count). The maximum absolute atomic E-state index is 13.6. The lowest BCUT2D eigenvalue weighted by atomic mass is 9.85. The number of ketones is 1. The Hall–Kier alpha value is -3.97. The number of para-hydroxylation sites is 1. The summed E-state index contributed by atoms with van der Waals surface area (Å²) in [7, 11) is 0. The fourth-order valence-electron chi connectivity index (χ4n) is 5.14. The Morgan fingerprint density at radius 2 is 1.82 bits per heavy atom. The Bertz CT molecular complexity index is 1580. The lowest BCUT2D eigenvalue weighted by molar-refractivity contribution is -0.132. The second-order valence-electron chi connectivity index (χ2n) is 10.8. The van der Waals surface area contributed by atoms with Gasteiger partial charge >= 0.3 is 5.91 Å². The minimum absolute atomic E-state index is 0.0570. The number of nitrogens with zero attached hydrogens (tertiary/aromatic N) is 2. The van der Waals surface area contributed by atoms with Crippen LogP contribution in [0.25, 0.3) is 16.0 Å². The molecule has 1 N–H and O–H groups in total. The third-order valence-corrected chi connectivity index (χ3v) is 8.24. The fraction of sp³-hybridized carbons (Fsp3) is 0.258. The van der Waals surface area contributed by atoms with Crippen molar-refractivity contribution in [3.05, 3.63) is 94.6 Å². The summed E-state index contributed by atoms with van der Waals surface area (Å²) in [5.41, 5.74) is 4.10. The minimum Gasteiger partial charge on any atom is -0.507 e. The van der Waals surface area contributed by atoms with Gasteiger partial charge in [-0.1, -0.05) is 68.5 Å². The summed E-state index contributed by atoms with van der Waals surface area (Å²) in [6.45, 7) is 7.06. The van der Waals surface area contributed by atoms with E-state index in [9.17, 15) is 14.7 Å². The molecule has 0 spiro atoms. The normalized spacial score (nSPS) is 19.0. The molecule has 0 aliphatic carbocycles. The monoisotopic (exact) mass is 524 g/mol. The number of ether oxygens (including phenoxy) is 1. The Morgan fingerprint density at radius 3 is 2.55 bits per heavy atom. The third-order valence-electron chi connectivity index (χ3n) is 7.21. The summed E-state index contributed by atoms with van der Waals surface area (Å²) < 4.78 is 6.64. The lowest BCUT2D eigenvalue weighted by Gasteiger charge is -2.25. The highest BCUT2D eigenvalue weighted by Crippen LogP contribution is 2.45. The molecule has 192 valence electrons. The van der Waals surface area contributed by atoms with Gasteiger partial charge in [0.05, 0.1) is 28.4 Å². The topological polar surface area (TPSA) is 79.7 Å². The van der Waals surface area contributed by atoms with Crippen LogP contribution in [0.1, 0.15) is 55.5 Å². The molecular formula is C31H28N2O4S. The zero-order valence-electron chi connectivity index (χ0n) is 21.5. The Morgan fingerprint density at radius 1 is 1.05 bits per heavy atom. The number of amides is 1. The summed E-state index contributed by atoms with van der Waals surface area (Å²) >= 11 is 1.36. The van der Waals surface area contributed by atoms with Gasteiger partial charge in [0.15, 0.2) is 5.13 Å². The first-order valence-corrected chi connectivity index (χ1v) is 13.6. The van der Waals surface area contributed by atoms with Crippen LogP contribution in [-0.4, -0.2) is 28.4 Å². The highest BCUT2D eigenvalue weighted by Gasteiger charge is 2.48. The molecule has 1 aromatic heterocycles. The van der Waals surface area contributed by atoms with Gasteiger partial charge < -0.3 is 9.84 Å². The van der Waals surface area contributed by atoms with Gasteiger partial charge in [-0.05, 0) is 65.3 Å². The molecule has 7 heteroatoms. The molecule has 4 aromatic rings. The number of carbonyl (C=O) groups is 2. The smallest absolute Gasteiger partial charge is 0.301 e. The molecule has 0 saturated carbocycles. The molecule has 38 heavy (non-hydrogen) atoms. The van der Waals surface area contributed by atoms with E-state index in [0.717, 1.165) is 45.5 Å². The molecule has 1 atom stereocenters. The van der Waals surface area contributed by atoms with Gasteiger partial charge in [0.25, 0.3) is 5.78 Å². The standard InChI is InChI=1S/C31H28N2O4S/c1-31(2,3)21-13-10-18(11-14-21)26-25(27(34)20-12-15-23-19(17-20)7-6-16-37-23)28(35)29(36)33(26)30-32-22-8-4-5-9-24(22)38-30/h4-5,8-15,17,26,34H,6-7,16H2,1-3H3/b27-25+. The number of hydrogen-bond acceptors (Lipinski definition) is 6. The van der Waals surface area contributed by atoms with Crippen LogP contribution >= 0.6 is 11.3 Å². The van der Waals surface area contributed by atoms with E-state index in [4.69, 9.17) is 4.74 Å². The SMILES string of the molecule is CC(C)(C)c1ccc(C2/C(=C(\O)c3ccc4c(c3)CCCO4)C(=O)C(=O)N2c2nc3ccccc3s2)cc1. The van der Waals surface area contributed by atoms with Gasteiger partial charge in [-0.2, -0.15) is 0 Å². The number of hydrogen-bond donors (Lipinski definition) is 1. The van der Waals surface area contributed by atoms with Gasteiger partial charge in [-0.25, -0.2) is 4.98 Å². The minimum atomic E-state index is -0.808. The van der Waals surface area contributed by atoms with Crippen molar-refractivity contribution >= 4 is 44.1 Å². The van der Waals surface area contributed by atoms with Crippen molar-refractivity contribution in [1.29, 1.82) is 0 Å².